The summed E-state index contributed by atoms with van der Waals surface area (Å²) in [5.41, 5.74) is 0.593. The Hall–Kier alpha value is -2.71. The van der Waals surface area contributed by atoms with Gasteiger partial charge in [0.2, 0.25) is 0 Å². The summed E-state index contributed by atoms with van der Waals surface area (Å²) in [6, 6.07) is 15.6. The number of hydrogen-bond donors (Lipinski definition) is 2. The number of amides is 3. The predicted octanol–water partition coefficient (Wildman–Crippen LogP) is 5.45. The number of rotatable bonds is 6. The van der Waals surface area contributed by atoms with Crippen molar-refractivity contribution in [3.8, 4) is 5.75 Å². The van der Waals surface area contributed by atoms with Gasteiger partial charge in [0.05, 0.1) is 12.7 Å². The van der Waals surface area contributed by atoms with Crippen molar-refractivity contribution >= 4 is 50.1 Å². The van der Waals surface area contributed by atoms with Gasteiger partial charge >= 0.3 is 6.03 Å². The van der Waals surface area contributed by atoms with E-state index in [1.807, 2.05) is 60.0 Å². The summed E-state index contributed by atoms with van der Waals surface area (Å²) in [6.45, 7) is 3.79. The summed E-state index contributed by atoms with van der Waals surface area (Å²) in [6.07, 6.45) is 1.85. The Labute approximate surface area is 196 Å². The molecule has 0 aliphatic carbocycles. The lowest BCUT2D eigenvalue weighted by Crippen LogP contribution is -2.39. The van der Waals surface area contributed by atoms with Crippen LogP contribution in [0.15, 0.2) is 53.4 Å². The summed E-state index contributed by atoms with van der Waals surface area (Å²) < 4.78 is 6.32. The van der Waals surface area contributed by atoms with Gasteiger partial charge in [0.1, 0.15) is 10.8 Å². The van der Waals surface area contributed by atoms with E-state index in [0.717, 1.165) is 28.7 Å². The Kier molecular flexibility index (Phi) is 7.22. The van der Waals surface area contributed by atoms with Crippen LogP contribution in [-0.2, 0) is 0 Å². The molecule has 2 N–H and O–H groups in total. The number of nitrogens with one attached hydrogen (secondary N) is 2. The van der Waals surface area contributed by atoms with Crippen LogP contribution in [0.3, 0.4) is 0 Å². The van der Waals surface area contributed by atoms with Gasteiger partial charge in [0.15, 0.2) is 0 Å². The average Bonchev–Trinajstić information content (AvgIpc) is 3.17. The first-order valence-electron chi connectivity index (χ1n) is 10.8. The number of methoxy groups -OCH3 is 1. The highest BCUT2D eigenvalue weighted by atomic mass is 32.2. The van der Waals surface area contributed by atoms with Gasteiger partial charge in [-0.15, -0.1) is 23.1 Å². The number of ether oxygens (including phenoxy) is 1. The zero-order chi connectivity index (χ0) is 22.5. The first kappa shape index (κ1) is 22.5. The molecule has 0 radical (unpaired) electrons. The van der Waals surface area contributed by atoms with Crippen molar-refractivity contribution in [3.05, 3.63) is 54.1 Å². The van der Waals surface area contributed by atoms with Crippen molar-refractivity contribution in [1.82, 2.24) is 10.2 Å². The first-order chi connectivity index (χ1) is 15.6. The van der Waals surface area contributed by atoms with E-state index in [0.29, 0.717) is 35.4 Å². The first-order valence-corrected chi connectivity index (χ1v) is 12.4. The zero-order valence-corrected chi connectivity index (χ0v) is 19.9. The van der Waals surface area contributed by atoms with Crippen LogP contribution in [0.4, 0.5) is 9.80 Å². The van der Waals surface area contributed by atoms with E-state index in [1.165, 1.54) is 16.2 Å². The van der Waals surface area contributed by atoms with E-state index in [4.69, 9.17) is 4.74 Å². The molecule has 1 saturated heterocycles. The maximum atomic E-state index is 13.5. The molecule has 1 fully saturated rings. The molecular weight excluding hydrogens is 442 g/mol. The minimum atomic E-state index is -0.290. The minimum absolute atomic E-state index is 0.0147. The van der Waals surface area contributed by atoms with E-state index < -0.39 is 0 Å². The van der Waals surface area contributed by atoms with Gasteiger partial charge in [-0.1, -0.05) is 24.3 Å². The molecule has 8 heteroatoms. The SMILES string of the molecule is CCNC(=O)Nc1sc2ccccc2c1C(=O)N1CCC(Sc2cccc(OC)c2)CC1. The summed E-state index contributed by atoms with van der Waals surface area (Å²) >= 11 is 3.28. The van der Waals surface area contributed by atoms with Crippen LogP contribution in [-0.4, -0.2) is 48.8 Å². The van der Waals surface area contributed by atoms with E-state index >= 15 is 0 Å². The highest BCUT2D eigenvalue weighted by Gasteiger charge is 2.28. The van der Waals surface area contributed by atoms with Crippen molar-refractivity contribution in [2.75, 3.05) is 32.1 Å². The summed E-state index contributed by atoms with van der Waals surface area (Å²) in [5.74, 6) is 0.846. The van der Waals surface area contributed by atoms with Gasteiger partial charge in [0, 0.05) is 39.9 Å². The van der Waals surface area contributed by atoms with Crippen LogP contribution < -0.4 is 15.4 Å². The van der Waals surface area contributed by atoms with Crippen molar-refractivity contribution in [3.63, 3.8) is 0 Å². The number of hydrogen-bond acceptors (Lipinski definition) is 5. The molecule has 32 heavy (non-hydrogen) atoms. The molecule has 4 rings (SSSR count). The number of likely N-dealkylation sites (tertiary alicyclic amines) is 1. The number of thioether (sulfide) groups is 1. The maximum Gasteiger partial charge on any atom is 0.319 e. The molecule has 0 spiro atoms. The highest BCUT2D eigenvalue weighted by Crippen LogP contribution is 2.38. The molecule has 0 bridgehead atoms. The number of urea groups is 1. The van der Waals surface area contributed by atoms with Crippen LogP contribution in [0.1, 0.15) is 30.1 Å². The second kappa shape index (κ2) is 10.3. The molecule has 168 valence electrons. The monoisotopic (exact) mass is 469 g/mol. The smallest absolute Gasteiger partial charge is 0.319 e. The minimum Gasteiger partial charge on any atom is -0.497 e. The molecule has 6 nitrogen and oxygen atoms in total. The highest BCUT2D eigenvalue weighted by molar-refractivity contribution is 8.00. The van der Waals surface area contributed by atoms with E-state index in [9.17, 15) is 9.59 Å². The van der Waals surface area contributed by atoms with E-state index in [1.54, 1.807) is 7.11 Å². The molecule has 2 heterocycles. The zero-order valence-electron chi connectivity index (χ0n) is 18.2. The predicted molar refractivity (Wildman–Crippen MR) is 132 cm³/mol. The fourth-order valence-electron chi connectivity index (χ4n) is 3.86. The summed E-state index contributed by atoms with van der Waals surface area (Å²) in [5, 5.41) is 7.57. The van der Waals surface area contributed by atoms with Crippen LogP contribution in [0.25, 0.3) is 10.1 Å². The summed E-state index contributed by atoms with van der Waals surface area (Å²) in [4.78, 5) is 28.8. The van der Waals surface area contributed by atoms with E-state index in [-0.39, 0.29) is 11.9 Å². The van der Waals surface area contributed by atoms with Crippen LogP contribution >= 0.6 is 23.1 Å². The van der Waals surface area contributed by atoms with Gasteiger partial charge < -0.3 is 15.0 Å². The number of thiophene rings is 1. The summed E-state index contributed by atoms with van der Waals surface area (Å²) in [7, 11) is 1.68. The largest absolute Gasteiger partial charge is 0.497 e. The second-order valence-corrected chi connectivity index (χ2v) is 10.0. The lowest BCUT2D eigenvalue weighted by atomic mass is 10.1. The Morgan fingerprint density at radius 2 is 1.94 bits per heavy atom. The van der Waals surface area contributed by atoms with Crippen LogP contribution in [0, 0.1) is 0 Å². The van der Waals surface area contributed by atoms with Gasteiger partial charge in [-0.05, 0) is 44.0 Å². The Bertz CT molecular complexity index is 1110. The lowest BCUT2D eigenvalue weighted by Gasteiger charge is -2.32. The second-order valence-electron chi connectivity index (χ2n) is 7.58. The van der Waals surface area contributed by atoms with Gasteiger partial charge in [0.25, 0.3) is 5.91 Å². The number of nitrogens with zero attached hydrogens (tertiary/aromatic N) is 1. The average molecular weight is 470 g/mol. The Morgan fingerprint density at radius 3 is 2.69 bits per heavy atom. The molecule has 3 amide bonds. The number of carbonyl (C=O) groups is 2. The number of carbonyl (C=O) groups excluding carboxylic acids is 2. The third-order valence-corrected chi connectivity index (χ3v) is 7.86. The number of fused-ring (bicyclic) bond motifs is 1. The number of benzene rings is 2. The van der Waals surface area contributed by atoms with Crippen molar-refractivity contribution in [2.24, 2.45) is 0 Å². The van der Waals surface area contributed by atoms with Crippen LogP contribution in [0.2, 0.25) is 0 Å². The standard InChI is InChI=1S/C24H27N3O3S2/c1-3-25-24(29)26-22-21(19-9-4-5-10-20(19)32-22)23(28)27-13-11-17(12-14-27)31-18-8-6-7-16(15-18)30-2/h4-10,15,17H,3,11-14H2,1-2H3,(H2,25,26,29). The molecule has 0 saturated carbocycles. The Morgan fingerprint density at radius 1 is 1.16 bits per heavy atom. The van der Waals surface area contributed by atoms with Crippen molar-refractivity contribution < 1.29 is 14.3 Å². The maximum absolute atomic E-state index is 13.5. The van der Waals surface area contributed by atoms with Crippen LogP contribution in [0.5, 0.6) is 5.75 Å². The lowest BCUT2D eigenvalue weighted by molar-refractivity contribution is 0.0731. The number of anilines is 1. The molecule has 1 aliphatic heterocycles. The van der Waals surface area contributed by atoms with E-state index in [2.05, 4.69) is 22.8 Å². The quantitative estimate of drug-likeness (QED) is 0.504. The van der Waals surface area contributed by atoms with Gasteiger partial charge in [-0.3, -0.25) is 10.1 Å². The fraction of sp³-hybridized carbons (Fsp3) is 0.333. The van der Waals surface area contributed by atoms with Gasteiger partial charge in [-0.2, -0.15) is 0 Å². The third-order valence-electron chi connectivity index (χ3n) is 5.45. The molecular formula is C24H27N3O3S2. The van der Waals surface area contributed by atoms with Crippen molar-refractivity contribution in [1.29, 1.82) is 0 Å². The normalized spacial score (nSPS) is 14.4. The molecule has 2 aromatic carbocycles. The fourth-order valence-corrected chi connectivity index (χ4v) is 6.12. The molecule has 1 aliphatic rings. The molecule has 3 aromatic rings. The molecule has 1 aromatic heterocycles. The van der Waals surface area contributed by atoms with Gasteiger partial charge in [-0.25, -0.2) is 4.79 Å². The number of piperidine rings is 1. The van der Waals surface area contributed by atoms with Crippen molar-refractivity contribution in [2.45, 2.75) is 29.9 Å². The Balaban J connectivity index is 1.47. The molecule has 0 atom stereocenters. The third kappa shape index (κ3) is 5.02. The topological polar surface area (TPSA) is 70.7 Å². The molecule has 0 unspecified atom stereocenters.